The van der Waals surface area contributed by atoms with Crippen LogP contribution in [0.3, 0.4) is 0 Å². The largest absolute Gasteiger partial charge is 0.378 e. The molecule has 0 aromatic carbocycles. The molecule has 2 aliphatic rings. The Bertz CT molecular complexity index is 731. The first-order chi connectivity index (χ1) is 11.8. The highest BCUT2D eigenvalue weighted by Crippen LogP contribution is 2.26. The first-order valence-corrected chi connectivity index (χ1v) is 8.17. The van der Waals surface area contributed by atoms with E-state index in [2.05, 4.69) is 19.9 Å². The molecule has 2 aromatic rings. The van der Waals surface area contributed by atoms with Gasteiger partial charge in [-0.1, -0.05) is 0 Å². The van der Waals surface area contributed by atoms with E-state index in [0.29, 0.717) is 18.7 Å². The normalized spacial score (nSPS) is 17.5. The standard InChI is InChI=1S/C17H19N5O2/c23-17(13-1-4-18-5-2-13)22-6-3-14-15(11-22)19-12-20-16(14)21-7-9-24-10-8-21/h1-2,4-5,12H,3,6-11H2. The van der Waals surface area contributed by atoms with E-state index in [1.54, 1.807) is 30.9 Å². The molecule has 1 amide bonds. The van der Waals surface area contributed by atoms with Crippen molar-refractivity contribution in [1.29, 1.82) is 0 Å². The molecule has 0 atom stereocenters. The van der Waals surface area contributed by atoms with Gasteiger partial charge >= 0.3 is 0 Å². The SMILES string of the molecule is O=C(c1ccncc1)N1CCc2c(ncnc2N2CCOCC2)C1. The summed E-state index contributed by atoms with van der Waals surface area (Å²) in [5.41, 5.74) is 2.77. The summed E-state index contributed by atoms with van der Waals surface area (Å²) in [6.07, 6.45) is 5.66. The van der Waals surface area contributed by atoms with E-state index in [0.717, 1.165) is 49.8 Å². The summed E-state index contributed by atoms with van der Waals surface area (Å²) in [7, 11) is 0. The van der Waals surface area contributed by atoms with Crippen LogP contribution in [-0.2, 0) is 17.7 Å². The minimum Gasteiger partial charge on any atom is -0.378 e. The minimum absolute atomic E-state index is 0.0228. The van der Waals surface area contributed by atoms with E-state index in [-0.39, 0.29) is 5.91 Å². The maximum Gasteiger partial charge on any atom is 0.254 e. The third kappa shape index (κ3) is 2.82. The van der Waals surface area contributed by atoms with Gasteiger partial charge in [-0.15, -0.1) is 0 Å². The summed E-state index contributed by atoms with van der Waals surface area (Å²) in [5, 5.41) is 0. The van der Waals surface area contributed by atoms with E-state index in [1.165, 1.54) is 0 Å². The second-order valence-electron chi connectivity index (χ2n) is 5.93. The molecule has 1 fully saturated rings. The van der Waals surface area contributed by atoms with Crippen LogP contribution in [0.2, 0.25) is 0 Å². The van der Waals surface area contributed by atoms with Crippen LogP contribution < -0.4 is 4.90 Å². The number of nitrogens with zero attached hydrogens (tertiary/aromatic N) is 5. The Morgan fingerprint density at radius 2 is 1.88 bits per heavy atom. The predicted molar refractivity (Wildman–Crippen MR) is 87.7 cm³/mol. The van der Waals surface area contributed by atoms with Crippen LogP contribution in [0.5, 0.6) is 0 Å². The fraction of sp³-hybridized carbons (Fsp3) is 0.412. The van der Waals surface area contributed by atoms with Crippen LogP contribution >= 0.6 is 0 Å². The molecule has 0 radical (unpaired) electrons. The van der Waals surface area contributed by atoms with Crippen LogP contribution in [0.25, 0.3) is 0 Å². The van der Waals surface area contributed by atoms with Gasteiger partial charge in [-0.25, -0.2) is 9.97 Å². The van der Waals surface area contributed by atoms with Gasteiger partial charge in [0.25, 0.3) is 5.91 Å². The molecule has 7 heteroatoms. The number of rotatable bonds is 2. The Balaban J connectivity index is 1.56. The van der Waals surface area contributed by atoms with Crippen molar-refractivity contribution in [2.24, 2.45) is 0 Å². The predicted octanol–water partition coefficient (Wildman–Crippen LogP) is 0.907. The summed E-state index contributed by atoms with van der Waals surface area (Å²) in [6.45, 7) is 4.36. The highest BCUT2D eigenvalue weighted by atomic mass is 16.5. The molecular formula is C17H19N5O2. The van der Waals surface area contributed by atoms with Crippen molar-refractivity contribution < 1.29 is 9.53 Å². The van der Waals surface area contributed by atoms with Crippen molar-refractivity contribution >= 4 is 11.7 Å². The van der Waals surface area contributed by atoms with Gasteiger partial charge in [0.15, 0.2) is 0 Å². The van der Waals surface area contributed by atoms with E-state index in [4.69, 9.17) is 4.74 Å². The van der Waals surface area contributed by atoms with E-state index in [1.807, 2.05) is 4.90 Å². The van der Waals surface area contributed by atoms with Crippen LogP contribution in [0.15, 0.2) is 30.9 Å². The molecule has 4 rings (SSSR count). The number of hydrogen-bond acceptors (Lipinski definition) is 6. The molecule has 0 N–H and O–H groups in total. The van der Waals surface area contributed by atoms with E-state index in [9.17, 15) is 4.79 Å². The Morgan fingerprint density at radius 1 is 1.08 bits per heavy atom. The third-order valence-corrected chi connectivity index (χ3v) is 4.51. The molecule has 2 aromatic heterocycles. The number of pyridine rings is 1. The number of aromatic nitrogens is 3. The summed E-state index contributed by atoms with van der Waals surface area (Å²) in [6, 6.07) is 3.49. The molecule has 0 saturated carbocycles. The molecule has 0 bridgehead atoms. The smallest absolute Gasteiger partial charge is 0.254 e. The molecule has 7 nitrogen and oxygen atoms in total. The fourth-order valence-corrected chi connectivity index (χ4v) is 3.24. The lowest BCUT2D eigenvalue weighted by Gasteiger charge is -2.33. The van der Waals surface area contributed by atoms with Gasteiger partial charge in [0.1, 0.15) is 12.1 Å². The number of carbonyl (C=O) groups excluding carboxylic acids is 1. The lowest BCUT2D eigenvalue weighted by atomic mass is 10.0. The van der Waals surface area contributed by atoms with Gasteiger partial charge in [-0.2, -0.15) is 0 Å². The summed E-state index contributed by atoms with van der Waals surface area (Å²) >= 11 is 0. The summed E-state index contributed by atoms with van der Waals surface area (Å²) < 4.78 is 5.42. The Morgan fingerprint density at radius 3 is 2.67 bits per heavy atom. The van der Waals surface area contributed by atoms with Crippen LogP contribution in [-0.4, -0.2) is 58.6 Å². The second-order valence-corrected chi connectivity index (χ2v) is 5.93. The van der Waals surface area contributed by atoms with Gasteiger partial charge in [-0.3, -0.25) is 9.78 Å². The zero-order chi connectivity index (χ0) is 16.4. The molecular weight excluding hydrogens is 306 g/mol. The monoisotopic (exact) mass is 325 g/mol. The lowest BCUT2D eigenvalue weighted by Crippen LogP contribution is -2.40. The molecule has 4 heterocycles. The number of carbonyl (C=O) groups is 1. The molecule has 1 saturated heterocycles. The van der Waals surface area contributed by atoms with Crippen molar-refractivity contribution in [2.75, 3.05) is 37.7 Å². The number of morpholine rings is 1. The maximum absolute atomic E-state index is 12.6. The number of fused-ring (bicyclic) bond motifs is 1. The zero-order valence-electron chi connectivity index (χ0n) is 13.4. The van der Waals surface area contributed by atoms with E-state index < -0.39 is 0 Å². The van der Waals surface area contributed by atoms with E-state index >= 15 is 0 Å². The van der Waals surface area contributed by atoms with Crippen molar-refractivity contribution in [2.45, 2.75) is 13.0 Å². The van der Waals surface area contributed by atoms with Gasteiger partial charge in [-0.05, 0) is 18.6 Å². The molecule has 0 spiro atoms. The minimum atomic E-state index is 0.0228. The number of hydrogen-bond donors (Lipinski definition) is 0. The Kier molecular flexibility index (Phi) is 4.08. The first-order valence-electron chi connectivity index (χ1n) is 8.17. The van der Waals surface area contributed by atoms with Crippen molar-refractivity contribution in [1.82, 2.24) is 19.9 Å². The van der Waals surface area contributed by atoms with Gasteiger partial charge in [0.2, 0.25) is 0 Å². The van der Waals surface area contributed by atoms with Crippen LogP contribution in [0, 0.1) is 0 Å². The Labute approximate surface area is 140 Å². The Hall–Kier alpha value is -2.54. The fourth-order valence-electron chi connectivity index (χ4n) is 3.24. The highest BCUT2D eigenvalue weighted by molar-refractivity contribution is 5.94. The molecule has 2 aliphatic heterocycles. The average Bonchev–Trinajstić information content (AvgIpc) is 2.68. The van der Waals surface area contributed by atoms with Gasteiger partial charge in [0.05, 0.1) is 25.5 Å². The van der Waals surface area contributed by atoms with Crippen molar-refractivity contribution in [3.63, 3.8) is 0 Å². The van der Waals surface area contributed by atoms with Gasteiger partial charge in [0, 0.05) is 43.2 Å². The van der Waals surface area contributed by atoms with Crippen LogP contribution in [0.4, 0.5) is 5.82 Å². The number of anilines is 1. The summed E-state index contributed by atoms with van der Waals surface area (Å²) in [4.78, 5) is 29.6. The quantitative estimate of drug-likeness (QED) is 0.817. The highest BCUT2D eigenvalue weighted by Gasteiger charge is 2.27. The topological polar surface area (TPSA) is 71.5 Å². The first kappa shape index (κ1) is 15.0. The number of ether oxygens (including phenoxy) is 1. The van der Waals surface area contributed by atoms with Gasteiger partial charge < -0.3 is 14.5 Å². The second kappa shape index (κ2) is 6.52. The zero-order valence-corrected chi connectivity index (χ0v) is 13.4. The average molecular weight is 325 g/mol. The van der Waals surface area contributed by atoms with Crippen molar-refractivity contribution in [3.8, 4) is 0 Å². The summed E-state index contributed by atoms with van der Waals surface area (Å²) in [5.74, 6) is 1.02. The molecule has 0 unspecified atom stereocenters. The third-order valence-electron chi connectivity index (χ3n) is 4.51. The van der Waals surface area contributed by atoms with Crippen molar-refractivity contribution in [3.05, 3.63) is 47.7 Å². The number of amides is 1. The lowest BCUT2D eigenvalue weighted by molar-refractivity contribution is 0.0731. The maximum atomic E-state index is 12.6. The molecule has 24 heavy (non-hydrogen) atoms. The van der Waals surface area contributed by atoms with Crippen LogP contribution in [0.1, 0.15) is 21.6 Å². The molecule has 0 aliphatic carbocycles. The molecule has 124 valence electrons.